The number of benzene rings is 4. The first kappa shape index (κ1) is 39.9. The Morgan fingerprint density at radius 2 is 0.927 bits per heavy atom. The molecule has 0 saturated carbocycles. The van der Waals surface area contributed by atoms with Gasteiger partial charge in [0.15, 0.2) is 0 Å². The molecule has 0 aromatic heterocycles. The first-order valence-corrected chi connectivity index (χ1v) is 21.6. The van der Waals surface area contributed by atoms with E-state index in [-0.39, 0.29) is 37.3 Å². The fourth-order valence-corrected chi connectivity index (χ4v) is 15.7. The Bertz CT molecular complexity index is 2070. The number of carbonyl (C=O) groups excluding carboxylic acids is 2. The summed E-state index contributed by atoms with van der Waals surface area (Å²) in [5, 5.41) is 0. The standard InChI is InChI=1S/2C18H18F2NO.2C5H5.Ti/c2*1-18(2,3)17(22)21(12-13-7-5-4-6-8-13)16-10-9-14(19)11-15(16)20;2*1-2-4-5-3-1;/h2*4-10H,12H2,1-3H3;2*1-3H,4H2;. The number of allylic oxidation sites excluding steroid dienone is 8. The molecule has 0 unspecified atom stereocenters. The Morgan fingerprint density at radius 3 is 1.24 bits per heavy atom. The predicted octanol–water partition coefficient (Wildman–Crippen LogP) is 10.2. The molecule has 4 aromatic carbocycles. The molecule has 284 valence electrons. The van der Waals surface area contributed by atoms with Crippen LogP contribution in [0.15, 0.2) is 129 Å². The normalized spacial score (nSPS) is 14.2. The Hall–Kier alpha value is -4.79. The Morgan fingerprint density at radius 1 is 0.564 bits per heavy atom. The van der Waals surface area contributed by atoms with E-state index in [9.17, 15) is 9.59 Å². The molecule has 55 heavy (non-hydrogen) atoms. The molecule has 0 fully saturated rings. The van der Waals surface area contributed by atoms with E-state index in [1.807, 2.05) is 72.8 Å². The van der Waals surface area contributed by atoms with Crippen molar-refractivity contribution in [1.82, 2.24) is 0 Å². The average molecular weight is 783 g/mol. The fraction of sp³-hybridized carbons (Fsp3) is 0.261. The van der Waals surface area contributed by atoms with Crippen molar-refractivity contribution in [2.24, 2.45) is 10.8 Å². The van der Waals surface area contributed by atoms with Crippen LogP contribution in [-0.2, 0) is 39.3 Å². The van der Waals surface area contributed by atoms with Gasteiger partial charge >= 0.3 is 326 Å². The van der Waals surface area contributed by atoms with E-state index in [0.717, 1.165) is 23.3 Å². The van der Waals surface area contributed by atoms with Gasteiger partial charge in [-0.1, -0.05) is 0 Å². The number of hydrogen-bond acceptors (Lipinski definition) is 2. The molecule has 0 bridgehead atoms. The third kappa shape index (κ3) is 7.72. The van der Waals surface area contributed by atoms with E-state index in [1.54, 1.807) is 65.8 Å². The summed E-state index contributed by atoms with van der Waals surface area (Å²) in [6.07, 6.45) is 11.0. The quantitative estimate of drug-likeness (QED) is 0.119. The Labute approximate surface area is 324 Å². The van der Waals surface area contributed by atoms with E-state index in [1.165, 1.54) is 21.9 Å². The second-order valence-corrected chi connectivity index (χ2v) is 22.1. The first-order valence-electron chi connectivity index (χ1n) is 18.5. The fourth-order valence-electron chi connectivity index (χ4n) is 7.49. The van der Waals surface area contributed by atoms with Crippen LogP contribution in [-0.4, -0.2) is 11.8 Å². The van der Waals surface area contributed by atoms with Gasteiger partial charge in [-0.15, -0.1) is 0 Å². The monoisotopic (exact) mass is 782 g/mol. The first-order chi connectivity index (χ1) is 26.1. The van der Waals surface area contributed by atoms with Crippen molar-refractivity contribution >= 4 is 30.9 Å². The summed E-state index contributed by atoms with van der Waals surface area (Å²) in [5.74, 6) is -4.81. The molecule has 4 aromatic rings. The molecular formula is C46H46F4N2O2Ti. The molecule has 4 nitrogen and oxygen atoms in total. The van der Waals surface area contributed by atoms with Crippen LogP contribution >= 0.6 is 0 Å². The van der Waals surface area contributed by atoms with Crippen LogP contribution in [0, 0.1) is 34.1 Å². The molecule has 0 radical (unpaired) electrons. The number of nitrogens with zero attached hydrogens (tertiary/aromatic N) is 2. The van der Waals surface area contributed by atoms with Gasteiger partial charge in [0.1, 0.15) is 0 Å². The molecular weight excluding hydrogens is 736 g/mol. The summed E-state index contributed by atoms with van der Waals surface area (Å²) in [7, 11) is 0. The molecule has 2 aliphatic rings. The van der Waals surface area contributed by atoms with E-state index in [4.69, 9.17) is 0 Å². The third-order valence-electron chi connectivity index (χ3n) is 10.1. The molecule has 0 atom stereocenters. The van der Waals surface area contributed by atoms with Gasteiger partial charge < -0.3 is 0 Å². The molecule has 2 amide bonds. The molecule has 0 heterocycles. The summed E-state index contributed by atoms with van der Waals surface area (Å²) >= 11 is -5.37. The van der Waals surface area contributed by atoms with Crippen molar-refractivity contribution in [3.05, 3.63) is 164 Å². The number of carbonyl (C=O) groups is 2. The van der Waals surface area contributed by atoms with Gasteiger partial charge in [-0.2, -0.15) is 0 Å². The average Bonchev–Trinajstić information content (AvgIpc) is 3.89. The summed E-state index contributed by atoms with van der Waals surface area (Å²) < 4.78 is 70.3. The van der Waals surface area contributed by atoms with Gasteiger partial charge in [-0.3, -0.25) is 0 Å². The Balaban J connectivity index is 1.68. The second kappa shape index (κ2) is 15.8. The maximum absolute atomic E-state index is 18.0. The van der Waals surface area contributed by atoms with Crippen LogP contribution < -0.4 is 17.5 Å². The minimum atomic E-state index is -5.37. The zero-order chi connectivity index (χ0) is 39.7. The zero-order valence-corrected chi connectivity index (χ0v) is 33.7. The molecule has 0 spiro atoms. The Kier molecular flexibility index (Phi) is 11.4. The van der Waals surface area contributed by atoms with Crippen LogP contribution in [0.25, 0.3) is 0 Å². The van der Waals surface area contributed by atoms with Crippen molar-refractivity contribution < 1.29 is 43.7 Å². The van der Waals surface area contributed by atoms with E-state index < -0.39 is 70.2 Å². The van der Waals surface area contributed by atoms with Gasteiger partial charge in [0, 0.05) is 0 Å². The van der Waals surface area contributed by atoms with Crippen molar-refractivity contribution in [2.75, 3.05) is 9.80 Å². The van der Waals surface area contributed by atoms with E-state index in [2.05, 4.69) is 0 Å². The van der Waals surface area contributed by atoms with Crippen molar-refractivity contribution in [1.29, 1.82) is 0 Å². The molecule has 0 N–H and O–H groups in total. The van der Waals surface area contributed by atoms with Gasteiger partial charge in [0.2, 0.25) is 0 Å². The predicted molar refractivity (Wildman–Crippen MR) is 210 cm³/mol. The molecule has 6 rings (SSSR count). The van der Waals surface area contributed by atoms with E-state index in [0.29, 0.717) is 7.76 Å². The van der Waals surface area contributed by atoms with Gasteiger partial charge in [-0.05, 0) is 0 Å². The zero-order valence-electron chi connectivity index (χ0n) is 32.1. The minimum absolute atomic E-state index is 0.0188. The topological polar surface area (TPSA) is 40.6 Å². The van der Waals surface area contributed by atoms with Crippen LogP contribution in [0.5, 0.6) is 0 Å². The summed E-state index contributed by atoms with van der Waals surface area (Å²) in [6, 6.07) is 22.9. The van der Waals surface area contributed by atoms with Gasteiger partial charge in [-0.25, -0.2) is 0 Å². The van der Waals surface area contributed by atoms with Crippen molar-refractivity contribution in [3.63, 3.8) is 0 Å². The van der Waals surface area contributed by atoms with Crippen LogP contribution in [0.4, 0.5) is 28.9 Å². The van der Waals surface area contributed by atoms with Crippen LogP contribution in [0.2, 0.25) is 0 Å². The molecule has 0 aliphatic heterocycles. The SMILES string of the molecule is CC(C)(C)C(=O)N(Cc1ccccc1)c1ccc(F)[c]([Ti]([C]2=CC=CC2)([C]2=CC=CC2)[c]2c(F)ccc(N(Cc3ccccc3)C(=O)C(C)(C)C)c2F)c1F. The summed E-state index contributed by atoms with van der Waals surface area (Å²) in [4.78, 5) is 30.9. The second-order valence-electron chi connectivity index (χ2n) is 16.2. The number of amides is 2. The number of rotatable bonds is 10. The van der Waals surface area contributed by atoms with Gasteiger partial charge in [0.05, 0.1) is 0 Å². The summed E-state index contributed by atoms with van der Waals surface area (Å²) in [5.41, 5.74) is -0.847. The third-order valence-corrected chi connectivity index (χ3v) is 18.1. The van der Waals surface area contributed by atoms with E-state index >= 15 is 17.6 Å². The summed E-state index contributed by atoms with van der Waals surface area (Å²) in [6.45, 7) is 10.3. The maximum atomic E-state index is 18.0. The molecule has 0 saturated heterocycles. The number of anilines is 2. The molecule has 2 aliphatic carbocycles. The van der Waals surface area contributed by atoms with Crippen LogP contribution in [0.3, 0.4) is 0 Å². The van der Waals surface area contributed by atoms with Crippen molar-refractivity contribution in [3.8, 4) is 0 Å². The molecule has 9 heteroatoms. The number of halogens is 4. The van der Waals surface area contributed by atoms with Crippen LogP contribution in [0.1, 0.15) is 65.5 Å². The number of hydrogen-bond donors (Lipinski definition) is 0. The van der Waals surface area contributed by atoms with Gasteiger partial charge in [0.25, 0.3) is 0 Å². The van der Waals surface area contributed by atoms with Crippen molar-refractivity contribution in [2.45, 2.75) is 67.5 Å².